The smallest absolute Gasteiger partial charge is 0.258 e. The molecule has 4 heteroatoms. The van der Waals surface area contributed by atoms with Crippen LogP contribution in [0.4, 0.5) is 5.69 Å². The van der Waals surface area contributed by atoms with E-state index in [4.69, 9.17) is 16.3 Å². The first-order valence-electron chi connectivity index (χ1n) is 5.40. The minimum absolute atomic E-state index is 0.468. The molecule has 0 bridgehead atoms. The molecule has 0 unspecified atom stereocenters. The van der Waals surface area contributed by atoms with Gasteiger partial charge in [0.1, 0.15) is 0 Å². The molecule has 0 N–H and O–H groups in total. The summed E-state index contributed by atoms with van der Waals surface area (Å²) in [5, 5.41) is 12.7. The third-order valence-electron chi connectivity index (χ3n) is 2.46. The van der Waals surface area contributed by atoms with Gasteiger partial charge in [0.15, 0.2) is 12.0 Å². The van der Waals surface area contributed by atoms with Gasteiger partial charge in [-0.15, -0.1) is 0 Å². The third-order valence-corrected chi connectivity index (χ3v) is 2.71. The van der Waals surface area contributed by atoms with Crippen LogP contribution >= 0.6 is 11.6 Å². The predicted octanol–water partition coefficient (Wildman–Crippen LogP) is 3.61. The van der Waals surface area contributed by atoms with E-state index in [1.165, 1.54) is 13.3 Å². The van der Waals surface area contributed by atoms with Crippen molar-refractivity contribution < 1.29 is 9.48 Å². The molecule has 0 atom stereocenters. The fourth-order valence-electron chi connectivity index (χ4n) is 1.57. The molecule has 0 aliphatic heterocycles. The van der Waals surface area contributed by atoms with Gasteiger partial charge < -0.3 is 9.94 Å². The fourth-order valence-corrected chi connectivity index (χ4v) is 1.69. The number of methoxy groups -OCH3 is 1. The molecule has 0 saturated heterocycles. The molecule has 2 aromatic rings. The summed E-state index contributed by atoms with van der Waals surface area (Å²) < 4.78 is 5.92. The Balaban J connectivity index is 2.35. The molecule has 92 valence electrons. The van der Waals surface area contributed by atoms with Crippen LogP contribution in [0.25, 0.3) is 0 Å². The van der Waals surface area contributed by atoms with E-state index in [1.54, 1.807) is 42.5 Å². The second-order valence-corrected chi connectivity index (χ2v) is 4.11. The molecule has 2 aromatic carbocycles. The Morgan fingerprint density at radius 2 is 1.78 bits per heavy atom. The molecule has 0 aliphatic rings. The van der Waals surface area contributed by atoms with Crippen LogP contribution in [0.1, 0.15) is 5.56 Å². The average molecular weight is 262 g/mol. The summed E-state index contributed by atoms with van der Waals surface area (Å²) in [5.41, 5.74) is 1.25. The zero-order valence-corrected chi connectivity index (χ0v) is 10.6. The Kier molecular flexibility index (Phi) is 3.85. The molecule has 0 heterocycles. The van der Waals surface area contributed by atoms with Gasteiger partial charge in [-0.05, 0) is 30.3 Å². The lowest BCUT2D eigenvalue weighted by atomic mass is 10.2. The standard InChI is InChI=1S/C14H12ClNO2/c1-18-14-5-3-2-4-13(14)16(17)10-11-6-8-12(15)9-7-11/h2-10H,1H3/b16-10-. The maximum Gasteiger partial charge on any atom is 0.258 e. The van der Waals surface area contributed by atoms with Gasteiger partial charge in [-0.25, -0.2) is 0 Å². The van der Waals surface area contributed by atoms with Gasteiger partial charge in [0.25, 0.3) is 5.69 Å². The van der Waals surface area contributed by atoms with Gasteiger partial charge in [-0.2, -0.15) is 4.74 Å². The summed E-state index contributed by atoms with van der Waals surface area (Å²) >= 11 is 5.79. The lowest BCUT2D eigenvalue weighted by molar-refractivity contribution is -0.355. The quantitative estimate of drug-likeness (QED) is 0.366. The summed E-state index contributed by atoms with van der Waals surface area (Å²) in [7, 11) is 1.54. The summed E-state index contributed by atoms with van der Waals surface area (Å²) in [6.45, 7) is 0. The summed E-state index contributed by atoms with van der Waals surface area (Å²) in [6, 6.07) is 14.1. The number of nitrogens with zero attached hydrogens (tertiary/aromatic N) is 1. The molecule has 0 saturated carbocycles. The molecule has 2 rings (SSSR count). The zero-order valence-electron chi connectivity index (χ0n) is 9.84. The highest BCUT2D eigenvalue weighted by Gasteiger charge is 2.09. The lowest BCUT2D eigenvalue weighted by Gasteiger charge is -2.07. The number of rotatable bonds is 3. The minimum Gasteiger partial charge on any atom is -0.618 e. The number of para-hydroxylation sites is 2. The van der Waals surface area contributed by atoms with Crippen LogP contribution in [-0.4, -0.2) is 18.1 Å². The van der Waals surface area contributed by atoms with Crippen molar-refractivity contribution in [2.75, 3.05) is 7.11 Å². The Morgan fingerprint density at radius 3 is 2.44 bits per heavy atom. The molecule has 18 heavy (non-hydrogen) atoms. The molecular weight excluding hydrogens is 250 g/mol. The largest absolute Gasteiger partial charge is 0.618 e. The SMILES string of the molecule is COc1ccccc1/[N+]([O-])=C/c1ccc(Cl)cc1. The monoisotopic (exact) mass is 261 g/mol. The number of hydrogen-bond donors (Lipinski definition) is 0. The Morgan fingerprint density at radius 1 is 1.11 bits per heavy atom. The topological polar surface area (TPSA) is 35.3 Å². The van der Waals surface area contributed by atoms with Crippen molar-refractivity contribution in [2.24, 2.45) is 0 Å². The van der Waals surface area contributed by atoms with Gasteiger partial charge in [-0.3, -0.25) is 0 Å². The average Bonchev–Trinajstić information content (AvgIpc) is 2.41. The molecule has 0 fully saturated rings. The van der Waals surface area contributed by atoms with Crippen molar-refractivity contribution in [3.8, 4) is 5.75 Å². The second-order valence-electron chi connectivity index (χ2n) is 3.68. The lowest BCUT2D eigenvalue weighted by Crippen LogP contribution is -2.00. The first-order chi connectivity index (χ1) is 8.70. The van der Waals surface area contributed by atoms with Gasteiger partial charge in [0, 0.05) is 16.7 Å². The molecule has 3 nitrogen and oxygen atoms in total. The Hall–Kier alpha value is -2.00. The first-order valence-corrected chi connectivity index (χ1v) is 5.78. The van der Waals surface area contributed by atoms with E-state index < -0.39 is 0 Å². The van der Waals surface area contributed by atoms with Crippen molar-refractivity contribution in [3.05, 3.63) is 64.3 Å². The Bertz CT molecular complexity index is 564. The molecule has 0 aromatic heterocycles. The van der Waals surface area contributed by atoms with Gasteiger partial charge in [0.2, 0.25) is 0 Å². The number of hydrogen-bond acceptors (Lipinski definition) is 2. The van der Waals surface area contributed by atoms with E-state index >= 15 is 0 Å². The van der Waals surface area contributed by atoms with Crippen LogP contribution in [0.15, 0.2) is 48.5 Å². The highest BCUT2D eigenvalue weighted by molar-refractivity contribution is 6.30. The molecule has 0 aliphatic carbocycles. The first kappa shape index (κ1) is 12.5. The number of halogens is 1. The van der Waals surface area contributed by atoms with Crippen LogP contribution in [0.5, 0.6) is 5.75 Å². The van der Waals surface area contributed by atoms with Gasteiger partial charge in [-0.1, -0.05) is 23.7 Å². The zero-order chi connectivity index (χ0) is 13.0. The molecule has 0 amide bonds. The van der Waals surface area contributed by atoms with E-state index in [0.29, 0.717) is 16.5 Å². The van der Waals surface area contributed by atoms with Gasteiger partial charge >= 0.3 is 0 Å². The van der Waals surface area contributed by atoms with Crippen molar-refractivity contribution in [2.45, 2.75) is 0 Å². The van der Waals surface area contributed by atoms with Crippen LogP contribution in [0.3, 0.4) is 0 Å². The fraction of sp³-hybridized carbons (Fsp3) is 0.0714. The maximum atomic E-state index is 12.0. The third kappa shape index (κ3) is 2.81. The Labute approximate surface area is 110 Å². The predicted molar refractivity (Wildman–Crippen MR) is 72.9 cm³/mol. The van der Waals surface area contributed by atoms with E-state index in [0.717, 1.165) is 10.3 Å². The highest BCUT2D eigenvalue weighted by Crippen LogP contribution is 2.25. The van der Waals surface area contributed by atoms with E-state index in [1.807, 2.05) is 6.07 Å². The normalized spacial score (nSPS) is 11.3. The van der Waals surface area contributed by atoms with E-state index in [9.17, 15) is 5.21 Å². The molecule has 0 radical (unpaired) electrons. The van der Waals surface area contributed by atoms with Crippen LogP contribution in [0, 0.1) is 5.21 Å². The van der Waals surface area contributed by atoms with Crippen molar-refractivity contribution in [3.63, 3.8) is 0 Å². The van der Waals surface area contributed by atoms with Crippen LogP contribution < -0.4 is 4.74 Å². The van der Waals surface area contributed by atoms with Crippen molar-refractivity contribution >= 4 is 23.5 Å². The van der Waals surface area contributed by atoms with Crippen molar-refractivity contribution in [1.82, 2.24) is 0 Å². The molecule has 0 spiro atoms. The van der Waals surface area contributed by atoms with Crippen LogP contribution in [-0.2, 0) is 0 Å². The van der Waals surface area contributed by atoms with E-state index in [2.05, 4.69) is 0 Å². The van der Waals surface area contributed by atoms with Crippen LogP contribution in [0.2, 0.25) is 5.02 Å². The summed E-state index contributed by atoms with van der Waals surface area (Å²) in [6.07, 6.45) is 1.48. The number of benzene rings is 2. The van der Waals surface area contributed by atoms with E-state index in [-0.39, 0.29) is 0 Å². The van der Waals surface area contributed by atoms with Gasteiger partial charge in [0.05, 0.1) is 7.11 Å². The summed E-state index contributed by atoms with van der Waals surface area (Å²) in [5.74, 6) is 0.540. The maximum absolute atomic E-state index is 12.0. The highest BCUT2D eigenvalue weighted by atomic mass is 35.5. The summed E-state index contributed by atoms with van der Waals surface area (Å²) in [4.78, 5) is 0. The second kappa shape index (κ2) is 5.56. The number of ether oxygens (including phenoxy) is 1. The van der Waals surface area contributed by atoms with Crippen molar-refractivity contribution in [1.29, 1.82) is 0 Å². The minimum atomic E-state index is 0.468. The molecular formula is C14H12ClNO2.